The van der Waals surface area contributed by atoms with Crippen molar-refractivity contribution in [2.45, 2.75) is 6.92 Å². The molecule has 0 aliphatic carbocycles. The highest BCUT2D eigenvalue weighted by Gasteiger charge is 2.22. The van der Waals surface area contributed by atoms with Gasteiger partial charge in [-0.25, -0.2) is 8.78 Å². The van der Waals surface area contributed by atoms with Crippen LogP contribution in [0, 0.1) is 17.6 Å². The normalized spacial score (nSPS) is 12.2. The summed E-state index contributed by atoms with van der Waals surface area (Å²) in [6.45, 7) is 1.19. The molecular formula is C10H8F2O3. The first-order valence-electron chi connectivity index (χ1n) is 4.15. The molecule has 0 radical (unpaired) electrons. The monoisotopic (exact) mass is 214 g/mol. The van der Waals surface area contributed by atoms with Crippen LogP contribution in [0.4, 0.5) is 8.78 Å². The molecule has 80 valence electrons. The predicted molar refractivity (Wildman–Crippen MR) is 47.5 cm³/mol. The lowest BCUT2D eigenvalue weighted by Crippen LogP contribution is -2.20. The lowest BCUT2D eigenvalue weighted by molar-refractivity contribution is -0.139. The Morgan fingerprint density at radius 3 is 2.33 bits per heavy atom. The van der Waals surface area contributed by atoms with Crippen molar-refractivity contribution >= 4 is 11.8 Å². The summed E-state index contributed by atoms with van der Waals surface area (Å²) < 4.78 is 25.2. The zero-order chi connectivity index (χ0) is 11.6. The van der Waals surface area contributed by atoms with E-state index in [2.05, 4.69) is 0 Å². The minimum atomic E-state index is -1.30. The Morgan fingerprint density at radius 1 is 1.27 bits per heavy atom. The van der Waals surface area contributed by atoms with Crippen molar-refractivity contribution in [2.24, 2.45) is 5.92 Å². The lowest BCUT2D eigenvalue weighted by atomic mass is 9.99. The van der Waals surface area contributed by atoms with E-state index in [0.717, 1.165) is 12.1 Å². The second-order valence-electron chi connectivity index (χ2n) is 3.05. The SMILES string of the molecule is CC(C(=O)O)C(=O)c1ccc(F)c(F)c1. The molecule has 1 aromatic rings. The van der Waals surface area contributed by atoms with Gasteiger partial charge in [-0.2, -0.15) is 0 Å². The molecule has 1 unspecified atom stereocenters. The van der Waals surface area contributed by atoms with Crippen LogP contribution in [0.15, 0.2) is 18.2 Å². The van der Waals surface area contributed by atoms with Crippen LogP contribution >= 0.6 is 0 Å². The van der Waals surface area contributed by atoms with Crippen molar-refractivity contribution in [3.8, 4) is 0 Å². The summed E-state index contributed by atoms with van der Waals surface area (Å²) in [5.74, 6) is -5.56. The molecule has 0 bridgehead atoms. The van der Waals surface area contributed by atoms with Gasteiger partial charge in [-0.1, -0.05) is 0 Å². The topological polar surface area (TPSA) is 54.4 Å². The lowest BCUT2D eigenvalue weighted by Gasteiger charge is -2.05. The average Bonchev–Trinajstić information content (AvgIpc) is 2.19. The number of carbonyl (C=O) groups is 2. The third-order valence-electron chi connectivity index (χ3n) is 1.97. The first-order chi connectivity index (χ1) is 6.93. The summed E-state index contributed by atoms with van der Waals surface area (Å²) in [4.78, 5) is 21.9. The van der Waals surface area contributed by atoms with Crippen LogP contribution < -0.4 is 0 Å². The zero-order valence-electron chi connectivity index (χ0n) is 7.83. The number of hydrogen-bond donors (Lipinski definition) is 1. The summed E-state index contributed by atoms with van der Waals surface area (Å²) in [5, 5.41) is 8.55. The Labute approximate surface area is 84.3 Å². The molecule has 1 N–H and O–H groups in total. The van der Waals surface area contributed by atoms with E-state index < -0.39 is 29.3 Å². The maximum absolute atomic E-state index is 12.7. The van der Waals surface area contributed by atoms with Crippen LogP contribution in [0.2, 0.25) is 0 Å². The Kier molecular flexibility index (Phi) is 3.14. The average molecular weight is 214 g/mol. The number of halogens is 2. The van der Waals surface area contributed by atoms with Crippen molar-refractivity contribution in [1.82, 2.24) is 0 Å². The van der Waals surface area contributed by atoms with Crippen molar-refractivity contribution < 1.29 is 23.5 Å². The van der Waals surface area contributed by atoms with Crippen LogP contribution in [-0.4, -0.2) is 16.9 Å². The highest BCUT2D eigenvalue weighted by Crippen LogP contribution is 2.13. The fourth-order valence-electron chi connectivity index (χ4n) is 1.01. The molecule has 0 amide bonds. The third kappa shape index (κ3) is 2.37. The second kappa shape index (κ2) is 4.16. The minimum absolute atomic E-state index is 0.149. The Morgan fingerprint density at radius 2 is 1.87 bits per heavy atom. The van der Waals surface area contributed by atoms with Gasteiger partial charge >= 0.3 is 5.97 Å². The predicted octanol–water partition coefficient (Wildman–Crippen LogP) is 1.87. The highest BCUT2D eigenvalue weighted by molar-refractivity contribution is 6.07. The first-order valence-corrected chi connectivity index (χ1v) is 4.15. The molecule has 0 spiro atoms. The maximum atomic E-state index is 12.7. The standard InChI is InChI=1S/C10H8F2O3/c1-5(10(14)15)9(13)6-2-3-7(11)8(12)4-6/h2-5H,1H3,(H,14,15). The van der Waals surface area contributed by atoms with Crippen LogP contribution in [0.5, 0.6) is 0 Å². The van der Waals surface area contributed by atoms with Gasteiger partial charge in [0.15, 0.2) is 17.4 Å². The van der Waals surface area contributed by atoms with Crippen molar-refractivity contribution in [3.63, 3.8) is 0 Å². The van der Waals surface area contributed by atoms with Crippen molar-refractivity contribution in [1.29, 1.82) is 0 Å². The van der Waals surface area contributed by atoms with Gasteiger partial charge in [-0.15, -0.1) is 0 Å². The van der Waals surface area contributed by atoms with Gasteiger partial charge in [-0.05, 0) is 25.1 Å². The van der Waals surface area contributed by atoms with E-state index in [4.69, 9.17) is 5.11 Å². The van der Waals surface area contributed by atoms with E-state index in [1.807, 2.05) is 0 Å². The zero-order valence-corrected chi connectivity index (χ0v) is 7.83. The van der Waals surface area contributed by atoms with Crippen LogP contribution in [-0.2, 0) is 4.79 Å². The Balaban J connectivity index is 3.02. The number of carboxylic acid groups (broad SMARTS) is 1. The van der Waals surface area contributed by atoms with Gasteiger partial charge in [0.1, 0.15) is 5.92 Å². The molecule has 0 heterocycles. The molecule has 0 saturated heterocycles. The number of benzene rings is 1. The molecule has 0 fully saturated rings. The van der Waals surface area contributed by atoms with Gasteiger partial charge in [0.2, 0.25) is 0 Å². The van der Waals surface area contributed by atoms with Gasteiger partial charge in [0, 0.05) is 5.56 Å². The summed E-state index contributed by atoms with van der Waals surface area (Å²) in [6, 6.07) is 2.54. The summed E-state index contributed by atoms with van der Waals surface area (Å²) in [5.41, 5.74) is -0.149. The second-order valence-corrected chi connectivity index (χ2v) is 3.05. The largest absolute Gasteiger partial charge is 0.481 e. The summed E-state index contributed by atoms with van der Waals surface area (Å²) in [6.07, 6.45) is 0. The number of hydrogen-bond acceptors (Lipinski definition) is 2. The molecule has 0 aromatic heterocycles. The molecule has 0 saturated carbocycles. The summed E-state index contributed by atoms with van der Waals surface area (Å²) in [7, 11) is 0. The van der Waals surface area contributed by atoms with Crippen LogP contribution in [0.1, 0.15) is 17.3 Å². The molecular weight excluding hydrogens is 206 g/mol. The number of Topliss-reactive ketones (excluding diaryl/α,β-unsaturated/α-hetero) is 1. The highest BCUT2D eigenvalue weighted by atomic mass is 19.2. The Bertz CT molecular complexity index is 415. The quantitative estimate of drug-likeness (QED) is 0.617. The van der Waals surface area contributed by atoms with E-state index in [-0.39, 0.29) is 5.56 Å². The fraction of sp³-hybridized carbons (Fsp3) is 0.200. The van der Waals surface area contributed by atoms with E-state index in [0.29, 0.717) is 6.07 Å². The van der Waals surface area contributed by atoms with Crippen LogP contribution in [0.3, 0.4) is 0 Å². The molecule has 0 aliphatic rings. The number of ketones is 1. The van der Waals surface area contributed by atoms with E-state index in [1.54, 1.807) is 0 Å². The van der Waals surface area contributed by atoms with Gasteiger partial charge in [-0.3, -0.25) is 9.59 Å². The molecule has 1 atom stereocenters. The number of carboxylic acids is 1. The molecule has 5 heteroatoms. The van der Waals surface area contributed by atoms with Gasteiger partial charge in [0.25, 0.3) is 0 Å². The van der Waals surface area contributed by atoms with Gasteiger partial charge < -0.3 is 5.11 Å². The molecule has 1 aromatic carbocycles. The Hall–Kier alpha value is -1.78. The van der Waals surface area contributed by atoms with Crippen LogP contribution in [0.25, 0.3) is 0 Å². The van der Waals surface area contributed by atoms with E-state index >= 15 is 0 Å². The molecule has 3 nitrogen and oxygen atoms in total. The van der Waals surface area contributed by atoms with Crippen molar-refractivity contribution in [2.75, 3.05) is 0 Å². The molecule has 1 rings (SSSR count). The first kappa shape index (κ1) is 11.3. The smallest absolute Gasteiger partial charge is 0.314 e. The maximum Gasteiger partial charge on any atom is 0.314 e. The third-order valence-corrected chi connectivity index (χ3v) is 1.97. The number of carbonyl (C=O) groups excluding carboxylic acids is 1. The van der Waals surface area contributed by atoms with E-state index in [1.165, 1.54) is 6.92 Å². The van der Waals surface area contributed by atoms with Crippen molar-refractivity contribution in [3.05, 3.63) is 35.4 Å². The molecule has 0 aliphatic heterocycles. The number of aliphatic carboxylic acids is 1. The summed E-state index contributed by atoms with van der Waals surface area (Å²) >= 11 is 0. The van der Waals surface area contributed by atoms with Gasteiger partial charge in [0.05, 0.1) is 0 Å². The minimum Gasteiger partial charge on any atom is -0.481 e. The number of rotatable bonds is 3. The van der Waals surface area contributed by atoms with E-state index in [9.17, 15) is 18.4 Å². The fourth-order valence-corrected chi connectivity index (χ4v) is 1.01. The molecule has 15 heavy (non-hydrogen) atoms.